The summed E-state index contributed by atoms with van der Waals surface area (Å²) in [6.45, 7) is 7.55. The van der Waals surface area contributed by atoms with Gasteiger partial charge in [-0.1, -0.05) is 19.0 Å². The van der Waals surface area contributed by atoms with Gasteiger partial charge in [0.15, 0.2) is 11.5 Å². The molecule has 1 amide bonds. The van der Waals surface area contributed by atoms with Crippen molar-refractivity contribution in [1.29, 1.82) is 0 Å². The third kappa shape index (κ3) is 3.49. The summed E-state index contributed by atoms with van der Waals surface area (Å²) in [5.41, 5.74) is 1.53. The fourth-order valence-electron chi connectivity index (χ4n) is 3.01. The molecule has 0 aromatic carbocycles. The monoisotopic (exact) mass is 331 g/mol. The number of nitrogens with zero attached hydrogens (tertiary/aromatic N) is 5. The average Bonchev–Trinajstić information content (AvgIpc) is 3.15. The molecule has 0 N–H and O–H groups in total. The molecule has 1 aliphatic rings. The van der Waals surface area contributed by atoms with Crippen molar-refractivity contribution in [2.75, 3.05) is 13.1 Å². The number of hydrogen-bond donors (Lipinski definition) is 0. The Morgan fingerprint density at radius 1 is 1.38 bits per heavy atom. The first kappa shape index (κ1) is 16.7. The van der Waals surface area contributed by atoms with Crippen LogP contribution in [0.3, 0.4) is 0 Å². The summed E-state index contributed by atoms with van der Waals surface area (Å²) in [7, 11) is 1.86. The van der Waals surface area contributed by atoms with Crippen LogP contribution in [0.4, 0.5) is 0 Å². The molecule has 0 bridgehead atoms. The van der Waals surface area contributed by atoms with Gasteiger partial charge < -0.3 is 9.42 Å². The van der Waals surface area contributed by atoms with Crippen molar-refractivity contribution < 1.29 is 9.32 Å². The van der Waals surface area contributed by atoms with E-state index in [1.807, 2.05) is 38.8 Å². The first-order valence-corrected chi connectivity index (χ1v) is 8.56. The third-order valence-electron chi connectivity index (χ3n) is 4.68. The second-order valence-corrected chi connectivity index (χ2v) is 6.94. The molecule has 0 spiro atoms. The van der Waals surface area contributed by atoms with Crippen LogP contribution >= 0.6 is 0 Å². The molecule has 0 atom stereocenters. The van der Waals surface area contributed by atoms with E-state index in [1.165, 1.54) is 0 Å². The second kappa shape index (κ2) is 6.75. The lowest BCUT2D eigenvalue weighted by atomic mass is 9.93. The van der Waals surface area contributed by atoms with E-state index in [9.17, 15) is 4.79 Å². The summed E-state index contributed by atoms with van der Waals surface area (Å²) in [4.78, 5) is 18.9. The van der Waals surface area contributed by atoms with E-state index >= 15 is 0 Å². The minimum Gasteiger partial charge on any atom is -0.339 e. The van der Waals surface area contributed by atoms with Crippen LogP contribution in [0.15, 0.2) is 10.6 Å². The zero-order valence-corrected chi connectivity index (χ0v) is 14.8. The lowest BCUT2D eigenvalue weighted by Gasteiger charge is -2.31. The van der Waals surface area contributed by atoms with Crippen LogP contribution in [0.1, 0.15) is 60.5 Å². The van der Waals surface area contributed by atoms with Gasteiger partial charge >= 0.3 is 0 Å². The van der Waals surface area contributed by atoms with Crippen molar-refractivity contribution in [3.63, 3.8) is 0 Å². The van der Waals surface area contributed by atoms with Gasteiger partial charge in [-0.2, -0.15) is 10.1 Å². The van der Waals surface area contributed by atoms with Crippen LogP contribution in [0.2, 0.25) is 0 Å². The molecule has 0 aliphatic carbocycles. The van der Waals surface area contributed by atoms with E-state index in [1.54, 1.807) is 4.68 Å². The van der Waals surface area contributed by atoms with Crippen LogP contribution < -0.4 is 0 Å². The third-order valence-corrected chi connectivity index (χ3v) is 4.68. The molecule has 0 radical (unpaired) electrons. The lowest BCUT2D eigenvalue weighted by Crippen LogP contribution is -2.39. The van der Waals surface area contributed by atoms with Gasteiger partial charge in [-0.05, 0) is 31.7 Å². The molecule has 2 aromatic heterocycles. The molecule has 3 rings (SSSR count). The highest BCUT2D eigenvalue weighted by molar-refractivity contribution is 5.92. The van der Waals surface area contributed by atoms with Crippen LogP contribution in [0.5, 0.6) is 0 Å². The maximum absolute atomic E-state index is 12.5. The summed E-state index contributed by atoms with van der Waals surface area (Å²) in [5.74, 6) is 2.26. The summed E-state index contributed by atoms with van der Waals surface area (Å²) in [5, 5.41) is 8.35. The van der Waals surface area contributed by atoms with Gasteiger partial charge in [0.05, 0.1) is 0 Å². The second-order valence-electron chi connectivity index (χ2n) is 6.94. The zero-order chi connectivity index (χ0) is 17.3. The predicted molar refractivity (Wildman–Crippen MR) is 88.7 cm³/mol. The summed E-state index contributed by atoms with van der Waals surface area (Å²) in [6, 6.07) is 1.85. The molecular weight excluding hydrogens is 306 g/mol. The molecule has 7 heteroatoms. The molecule has 1 aliphatic heterocycles. The van der Waals surface area contributed by atoms with Crippen LogP contribution in [0.25, 0.3) is 0 Å². The zero-order valence-electron chi connectivity index (χ0n) is 14.8. The highest BCUT2D eigenvalue weighted by Crippen LogP contribution is 2.22. The van der Waals surface area contributed by atoms with E-state index in [2.05, 4.69) is 15.2 Å². The maximum Gasteiger partial charge on any atom is 0.274 e. The molecule has 1 fully saturated rings. The number of carbonyl (C=O) groups is 1. The molecule has 0 saturated carbocycles. The van der Waals surface area contributed by atoms with E-state index < -0.39 is 0 Å². The Labute approximate surface area is 142 Å². The molecule has 3 heterocycles. The van der Waals surface area contributed by atoms with Crippen molar-refractivity contribution in [2.45, 2.75) is 46.0 Å². The molecule has 2 aromatic rings. The van der Waals surface area contributed by atoms with Gasteiger partial charge in [0.1, 0.15) is 0 Å². The fourth-order valence-corrected chi connectivity index (χ4v) is 3.01. The largest absolute Gasteiger partial charge is 0.339 e. The number of rotatable bonds is 4. The number of aromatic nitrogens is 4. The van der Waals surface area contributed by atoms with Crippen molar-refractivity contribution in [2.24, 2.45) is 13.0 Å². The molecule has 0 unspecified atom stereocenters. The highest BCUT2D eigenvalue weighted by Gasteiger charge is 2.26. The molecule has 130 valence electrons. The van der Waals surface area contributed by atoms with Gasteiger partial charge in [0.2, 0.25) is 5.89 Å². The number of amides is 1. The van der Waals surface area contributed by atoms with E-state index in [4.69, 9.17) is 4.52 Å². The van der Waals surface area contributed by atoms with E-state index in [-0.39, 0.29) is 11.8 Å². The quantitative estimate of drug-likeness (QED) is 0.859. The number of carbonyl (C=O) groups excluding carboxylic acids is 1. The fraction of sp³-hybridized carbons (Fsp3) is 0.647. The van der Waals surface area contributed by atoms with Crippen molar-refractivity contribution in [3.8, 4) is 0 Å². The van der Waals surface area contributed by atoms with Crippen molar-refractivity contribution >= 4 is 5.91 Å². The normalized spacial score (nSPS) is 16.1. The Kier molecular flexibility index (Phi) is 4.69. The van der Waals surface area contributed by atoms with Gasteiger partial charge in [0.25, 0.3) is 5.91 Å². The van der Waals surface area contributed by atoms with Crippen LogP contribution in [-0.4, -0.2) is 43.8 Å². The van der Waals surface area contributed by atoms with Gasteiger partial charge in [-0.25, -0.2) is 0 Å². The Morgan fingerprint density at radius 3 is 2.62 bits per heavy atom. The topological polar surface area (TPSA) is 77.1 Å². The smallest absolute Gasteiger partial charge is 0.274 e. The minimum absolute atomic E-state index is 0.0267. The summed E-state index contributed by atoms with van der Waals surface area (Å²) >= 11 is 0. The summed E-state index contributed by atoms with van der Waals surface area (Å²) in [6.07, 6.45) is 2.74. The Balaban J connectivity index is 1.54. The lowest BCUT2D eigenvalue weighted by molar-refractivity contribution is 0.0683. The van der Waals surface area contributed by atoms with Gasteiger partial charge in [-0.3, -0.25) is 9.48 Å². The average molecular weight is 331 g/mol. The van der Waals surface area contributed by atoms with Crippen LogP contribution in [-0.2, 0) is 13.5 Å². The number of aryl methyl sites for hydroxylation is 2. The van der Waals surface area contributed by atoms with Gasteiger partial charge in [0, 0.05) is 38.2 Å². The summed E-state index contributed by atoms with van der Waals surface area (Å²) < 4.78 is 7.00. The van der Waals surface area contributed by atoms with E-state index in [0.717, 1.165) is 43.9 Å². The SMILES string of the molecule is Cc1cc(C(=O)N2CCC(Cc3noc(C(C)C)n3)CC2)nn1C. The first-order valence-electron chi connectivity index (χ1n) is 8.56. The first-order chi connectivity index (χ1) is 11.4. The van der Waals surface area contributed by atoms with Crippen LogP contribution in [0, 0.1) is 12.8 Å². The van der Waals surface area contributed by atoms with Crippen molar-refractivity contribution in [1.82, 2.24) is 24.8 Å². The predicted octanol–water partition coefficient (Wildman–Crippen LogP) is 2.33. The molecular formula is C17H25N5O2. The molecule has 1 saturated heterocycles. The Morgan fingerprint density at radius 2 is 2.08 bits per heavy atom. The molecule has 7 nitrogen and oxygen atoms in total. The minimum atomic E-state index is 0.0267. The van der Waals surface area contributed by atoms with Gasteiger partial charge in [-0.15, -0.1) is 0 Å². The Hall–Kier alpha value is -2.18. The highest BCUT2D eigenvalue weighted by atomic mass is 16.5. The van der Waals surface area contributed by atoms with E-state index in [0.29, 0.717) is 17.5 Å². The Bertz CT molecular complexity index is 691. The number of piperidine rings is 1. The van der Waals surface area contributed by atoms with Crippen molar-refractivity contribution in [3.05, 3.63) is 29.2 Å². The molecule has 24 heavy (non-hydrogen) atoms. The number of hydrogen-bond acceptors (Lipinski definition) is 5. The standard InChI is InChI=1S/C17H25N5O2/c1-11(2)16-18-15(20-24-16)10-13-5-7-22(8-6-13)17(23)14-9-12(3)21(4)19-14/h9,11,13H,5-8,10H2,1-4H3. The maximum atomic E-state index is 12.5. The number of likely N-dealkylation sites (tertiary alicyclic amines) is 1.